The van der Waals surface area contributed by atoms with Crippen LogP contribution in [0.25, 0.3) is 0 Å². The zero-order valence-electron chi connectivity index (χ0n) is 16.8. The minimum Gasteiger partial charge on any atom is -0.497 e. The van der Waals surface area contributed by atoms with Gasteiger partial charge in [-0.3, -0.25) is 9.59 Å². The van der Waals surface area contributed by atoms with E-state index in [9.17, 15) is 9.59 Å². The minimum absolute atomic E-state index is 0.193. The van der Waals surface area contributed by atoms with Crippen LogP contribution in [-0.4, -0.2) is 32.6 Å². The molecule has 3 aromatic rings. The van der Waals surface area contributed by atoms with Gasteiger partial charge in [0.15, 0.2) is 5.76 Å². The van der Waals surface area contributed by atoms with Crippen molar-refractivity contribution in [3.63, 3.8) is 0 Å². The van der Waals surface area contributed by atoms with Gasteiger partial charge in [-0.25, -0.2) is 0 Å². The van der Waals surface area contributed by atoms with Gasteiger partial charge in [0.25, 0.3) is 11.8 Å². The first-order chi connectivity index (χ1) is 14.6. The SMILES string of the molecule is COc1ccc(C(=O)Nc2ccc3c(c2)N(C(=O)c2ccco2)CCC3)c(OC)c1. The Kier molecular flexibility index (Phi) is 5.43. The fourth-order valence-electron chi connectivity index (χ4n) is 3.58. The summed E-state index contributed by atoms with van der Waals surface area (Å²) >= 11 is 0. The lowest BCUT2D eigenvalue weighted by Crippen LogP contribution is -2.35. The average Bonchev–Trinajstić information content (AvgIpc) is 3.32. The number of aryl methyl sites for hydroxylation is 1. The van der Waals surface area contributed by atoms with Crippen LogP contribution in [0.4, 0.5) is 11.4 Å². The van der Waals surface area contributed by atoms with Gasteiger partial charge in [-0.2, -0.15) is 0 Å². The number of ether oxygens (including phenoxy) is 2. The van der Waals surface area contributed by atoms with Crippen molar-refractivity contribution in [3.05, 3.63) is 71.7 Å². The van der Waals surface area contributed by atoms with Crippen LogP contribution in [0.3, 0.4) is 0 Å². The van der Waals surface area contributed by atoms with E-state index < -0.39 is 0 Å². The summed E-state index contributed by atoms with van der Waals surface area (Å²) < 4.78 is 15.8. The summed E-state index contributed by atoms with van der Waals surface area (Å²) in [4.78, 5) is 27.4. The number of amides is 2. The number of nitrogens with zero attached hydrogens (tertiary/aromatic N) is 1. The molecule has 1 aromatic heterocycles. The highest BCUT2D eigenvalue weighted by molar-refractivity contribution is 6.08. The van der Waals surface area contributed by atoms with Gasteiger partial charge in [-0.05, 0) is 54.8 Å². The van der Waals surface area contributed by atoms with Gasteiger partial charge in [0.05, 0.1) is 26.0 Å². The smallest absolute Gasteiger partial charge is 0.293 e. The maximum absolute atomic E-state index is 12.8. The molecule has 4 rings (SSSR count). The Bertz CT molecular complexity index is 1080. The summed E-state index contributed by atoms with van der Waals surface area (Å²) in [7, 11) is 3.06. The van der Waals surface area contributed by atoms with Gasteiger partial charge in [0.1, 0.15) is 11.5 Å². The predicted molar refractivity (Wildman–Crippen MR) is 113 cm³/mol. The molecule has 0 unspecified atom stereocenters. The average molecular weight is 406 g/mol. The van der Waals surface area contributed by atoms with Gasteiger partial charge in [0.2, 0.25) is 0 Å². The molecule has 0 fully saturated rings. The lowest BCUT2D eigenvalue weighted by Gasteiger charge is -2.29. The Hall–Kier alpha value is -3.74. The third-order valence-corrected chi connectivity index (χ3v) is 5.09. The molecule has 2 aromatic carbocycles. The van der Waals surface area contributed by atoms with E-state index in [0.29, 0.717) is 35.1 Å². The lowest BCUT2D eigenvalue weighted by atomic mass is 10.0. The number of carbonyl (C=O) groups excluding carboxylic acids is 2. The largest absolute Gasteiger partial charge is 0.497 e. The van der Waals surface area contributed by atoms with Gasteiger partial charge < -0.3 is 24.1 Å². The quantitative estimate of drug-likeness (QED) is 0.689. The Morgan fingerprint density at radius 1 is 1.07 bits per heavy atom. The number of anilines is 2. The number of rotatable bonds is 5. The molecule has 1 aliphatic rings. The molecule has 0 radical (unpaired) electrons. The molecule has 0 bridgehead atoms. The molecular formula is C23H22N2O5. The van der Waals surface area contributed by atoms with E-state index in [1.54, 1.807) is 42.3 Å². The molecule has 2 amide bonds. The first-order valence-corrected chi connectivity index (χ1v) is 9.62. The molecule has 154 valence electrons. The Balaban J connectivity index is 1.60. The van der Waals surface area contributed by atoms with E-state index in [0.717, 1.165) is 24.1 Å². The Labute approximate surface area is 174 Å². The summed E-state index contributed by atoms with van der Waals surface area (Å²) in [5.74, 6) is 0.805. The Morgan fingerprint density at radius 3 is 2.67 bits per heavy atom. The van der Waals surface area contributed by atoms with Crippen LogP contribution < -0.4 is 19.7 Å². The topological polar surface area (TPSA) is 81.0 Å². The molecule has 0 spiro atoms. The molecule has 0 aliphatic carbocycles. The van der Waals surface area contributed by atoms with Crippen molar-refractivity contribution >= 4 is 23.2 Å². The van der Waals surface area contributed by atoms with Gasteiger partial charge in [0, 0.05) is 24.0 Å². The predicted octanol–water partition coefficient (Wildman–Crippen LogP) is 4.14. The second-order valence-electron chi connectivity index (χ2n) is 6.90. The third-order valence-electron chi connectivity index (χ3n) is 5.09. The molecule has 30 heavy (non-hydrogen) atoms. The number of fused-ring (bicyclic) bond motifs is 1. The molecule has 7 heteroatoms. The van der Waals surface area contributed by atoms with Crippen LogP contribution in [0.15, 0.2) is 59.2 Å². The molecule has 1 N–H and O–H groups in total. The normalized spacial score (nSPS) is 12.8. The maximum Gasteiger partial charge on any atom is 0.293 e. The number of carbonyl (C=O) groups is 2. The second kappa shape index (κ2) is 8.32. The molecule has 1 aliphatic heterocycles. The number of methoxy groups -OCH3 is 2. The highest BCUT2D eigenvalue weighted by Crippen LogP contribution is 2.32. The van der Waals surface area contributed by atoms with Crippen molar-refractivity contribution in [2.45, 2.75) is 12.8 Å². The first kappa shape index (κ1) is 19.6. The van der Waals surface area contributed by atoms with Crippen molar-refractivity contribution in [2.24, 2.45) is 0 Å². The fourth-order valence-corrected chi connectivity index (χ4v) is 3.58. The zero-order chi connectivity index (χ0) is 21.1. The number of nitrogens with one attached hydrogen (secondary N) is 1. The van der Waals surface area contributed by atoms with E-state index in [-0.39, 0.29) is 11.8 Å². The fraction of sp³-hybridized carbons (Fsp3) is 0.217. The minimum atomic E-state index is -0.311. The van der Waals surface area contributed by atoms with Gasteiger partial charge >= 0.3 is 0 Å². The molecule has 0 saturated heterocycles. The van der Waals surface area contributed by atoms with Crippen molar-refractivity contribution in [3.8, 4) is 11.5 Å². The summed E-state index contributed by atoms with van der Waals surface area (Å²) in [6.07, 6.45) is 3.23. The molecule has 7 nitrogen and oxygen atoms in total. The summed E-state index contributed by atoms with van der Waals surface area (Å²) in [5, 5.41) is 2.89. The standard InChI is InChI=1S/C23H22N2O5/c1-28-17-9-10-18(21(14-17)29-2)22(26)24-16-8-7-15-5-3-11-25(19(15)13-16)23(27)20-6-4-12-30-20/h4,6-10,12-14H,3,5,11H2,1-2H3,(H,24,26). The molecular weight excluding hydrogens is 384 g/mol. The highest BCUT2D eigenvalue weighted by Gasteiger charge is 2.26. The van der Waals surface area contributed by atoms with Gasteiger partial charge in [-0.15, -0.1) is 0 Å². The highest BCUT2D eigenvalue weighted by atomic mass is 16.5. The van der Waals surface area contributed by atoms with Crippen LogP contribution in [0.5, 0.6) is 11.5 Å². The van der Waals surface area contributed by atoms with E-state index in [2.05, 4.69) is 5.32 Å². The zero-order valence-corrected chi connectivity index (χ0v) is 16.8. The van der Waals surface area contributed by atoms with Crippen LogP contribution in [0.2, 0.25) is 0 Å². The first-order valence-electron chi connectivity index (χ1n) is 9.62. The van der Waals surface area contributed by atoms with E-state index >= 15 is 0 Å². The number of hydrogen-bond acceptors (Lipinski definition) is 5. The summed E-state index contributed by atoms with van der Waals surface area (Å²) in [6.45, 7) is 0.593. The van der Waals surface area contributed by atoms with E-state index in [1.165, 1.54) is 13.4 Å². The van der Waals surface area contributed by atoms with Crippen LogP contribution in [-0.2, 0) is 6.42 Å². The lowest BCUT2D eigenvalue weighted by molar-refractivity contribution is 0.0957. The summed E-state index contributed by atoms with van der Waals surface area (Å²) in [5.41, 5.74) is 2.82. The van der Waals surface area contributed by atoms with Crippen LogP contribution in [0, 0.1) is 0 Å². The number of hydrogen-bond donors (Lipinski definition) is 1. The van der Waals surface area contributed by atoms with Crippen LogP contribution >= 0.6 is 0 Å². The number of furan rings is 1. The van der Waals surface area contributed by atoms with Crippen molar-refractivity contribution in [2.75, 3.05) is 31.0 Å². The Morgan fingerprint density at radius 2 is 1.93 bits per heavy atom. The van der Waals surface area contributed by atoms with Crippen LogP contribution in [0.1, 0.15) is 32.9 Å². The summed E-state index contributed by atoms with van der Waals surface area (Å²) in [6, 6.07) is 14.0. The number of benzene rings is 2. The third kappa shape index (κ3) is 3.74. The molecule has 0 saturated carbocycles. The van der Waals surface area contributed by atoms with Crippen molar-refractivity contribution < 1.29 is 23.5 Å². The second-order valence-corrected chi connectivity index (χ2v) is 6.90. The maximum atomic E-state index is 12.8. The molecule has 0 atom stereocenters. The molecule has 2 heterocycles. The van der Waals surface area contributed by atoms with Gasteiger partial charge in [-0.1, -0.05) is 6.07 Å². The van der Waals surface area contributed by atoms with Crippen molar-refractivity contribution in [1.29, 1.82) is 0 Å². The monoisotopic (exact) mass is 406 g/mol. The van der Waals surface area contributed by atoms with E-state index in [1.807, 2.05) is 18.2 Å². The van der Waals surface area contributed by atoms with E-state index in [4.69, 9.17) is 13.9 Å². The van der Waals surface area contributed by atoms with Crippen molar-refractivity contribution in [1.82, 2.24) is 0 Å².